The molecule has 12 heavy (non-hydrogen) atoms. The van der Waals surface area contributed by atoms with Crippen LogP contribution in [0.5, 0.6) is 0 Å². The molecule has 2 radical (unpaired) electrons. The lowest BCUT2D eigenvalue weighted by molar-refractivity contribution is -0.143. The number of rotatable bonds is 7. The lowest BCUT2D eigenvalue weighted by Gasteiger charge is -2.00. The third-order valence-corrected chi connectivity index (χ3v) is 1.64. The molecule has 2 nitrogen and oxygen atoms in total. The topological polar surface area (TPSA) is 26.3 Å². The summed E-state index contributed by atoms with van der Waals surface area (Å²) < 4.78 is 4.78. The van der Waals surface area contributed by atoms with Crippen LogP contribution in [-0.2, 0) is 9.53 Å². The largest absolute Gasteiger partial charge is 0.466 e. The Labute approximate surface area is 76.1 Å². The number of esters is 1. The average molecular weight is 168 g/mol. The number of unbranched alkanes of at least 4 members (excludes halogenated alkanes) is 3. The molecule has 0 N–H and O–H groups in total. The van der Waals surface area contributed by atoms with Crippen LogP contribution < -0.4 is 0 Å². The molecule has 0 spiro atoms. The molecule has 0 heterocycles. The summed E-state index contributed by atoms with van der Waals surface area (Å²) in [5.41, 5.74) is 0. The summed E-state index contributed by atoms with van der Waals surface area (Å²) in [6, 6.07) is 0. The van der Waals surface area contributed by atoms with Crippen molar-refractivity contribution >= 4 is 13.8 Å². The summed E-state index contributed by atoms with van der Waals surface area (Å²) >= 11 is 0. The Morgan fingerprint density at radius 3 is 2.50 bits per heavy atom. The van der Waals surface area contributed by atoms with Crippen molar-refractivity contribution in [3.05, 3.63) is 0 Å². The molecule has 0 aliphatic heterocycles. The molecule has 0 unspecified atom stereocenters. The van der Waals surface area contributed by atoms with E-state index in [1.165, 1.54) is 0 Å². The fraction of sp³-hybridized carbons (Fsp3) is 0.889. The molecule has 0 amide bonds. The van der Waals surface area contributed by atoms with E-state index in [0.29, 0.717) is 13.0 Å². The highest BCUT2D eigenvalue weighted by Gasteiger charge is 1.99. The summed E-state index contributed by atoms with van der Waals surface area (Å²) in [5.74, 6) is -0.0785. The normalized spacial score (nSPS) is 9.75. The van der Waals surface area contributed by atoms with Gasteiger partial charge in [-0.2, -0.15) is 0 Å². The van der Waals surface area contributed by atoms with Crippen LogP contribution in [0.4, 0.5) is 0 Å². The Morgan fingerprint density at radius 1 is 1.25 bits per heavy atom. The minimum atomic E-state index is -0.0785. The van der Waals surface area contributed by atoms with Crippen LogP contribution in [-0.4, -0.2) is 20.4 Å². The molecule has 3 heteroatoms. The van der Waals surface area contributed by atoms with Gasteiger partial charge in [0.2, 0.25) is 0 Å². The van der Waals surface area contributed by atoms with Crippen LogP contribution >= 0.6 is 0 Å². The smallest absolute Gasteiger partial charge is 0.305 e. The second kappa shape index (κ2) is 8.63. The van der Waals surface area contributed by atoms with Gasteiger partial charge in [0.15, 0.2) is 0 Å². The highest BCUT2D eigenvalue weighted by molar-refractivity contribution is 6.08. The maximum Gasteiger partial charge on any atom is 0.305 e. The standard InChI is InChI=1S/C9H17BO2/c1-2-12-9(11)7-5-3-4-6-8-10/h2-8H2,1H3. The van der Waals surface area contributed by atoms with E-state index in [9.17, 15) is 4.79 Å². The Balaban J connectivity index is 3.03. The third kappa shape index (κ3) is 7.64. The quantitative estimate of drug-likeness (QED) is 0.330. The van der Waals surface area contributed by atoms with Gasteiger partial charge in [0.1, 0.15) is 0 Å². The van der Waals surface area contributed by atoms with Crippen molar-refractivity contribution < 1.29 is 9.53 Å². The molecule has 0 aromatic rings. The number of ether oxygens (including phenoxy) is 1. The van der Waals surface area contributed by atoms with E-state index in [1.807, 2.05) is 6.92 Å². The molecular formula is C9H17BO2. The van der Waals surface area contributed by atoms with Crippen LogP contribution in [0.25, 0.3) is 0 Å². The van der Waals surface area contributed by atoms with E-state index in [2.05, 4.69) is 0 Å². The summed E-state index contributed by atoms with van der Waals surface area (Å²) in [4.78, 5) is 10.8. The minimum Gasteiger partial charge on any atom is -0.466 e. The lowest BCUT2D eigenvalue weighted by atomic mass is 9.99. The maximum absolute atomic E-state index is 10.8. The van der Waals surface area contributed by atoms with E-state index >= 15 is 0 Å². The first-order chi connectivity index (χ1) is 5.81. The highest BCUT2D eigenvalue weighted by atomic mass is 16.5. The van der Waals surface area contributed by atoms with E-state index in [4.69, 9.17) is 12.6 Å². The Bertz CT molecular complexity index is 115. The van der Waals surface area contributed by atoms with Gasteiger partial charge in [-0.15, -0.1) is 0 Å². The van der Waals surface area contributed by atoms with Crippen molar-refractivity contribution in [1.29, 1.82) is 0 Å². The fourth-order valence-corrected chi connectivity index (χ4v) is 1.00. The molecule has 0 rings (SSSR count). The van der Waals surface area contributed by atoms with Crippen LogP contribution in [0.2, 0.25) is 6.32 Å². The Kier molecular flexibility index (Phi) is 8.30. The SMILES string of the molecule is [B]CCCCCCC(=O)OCC. The molecule has 0 aliphatic carbocycles. The van der Waals surface area contributed by atoms with Crippen molar-refractivity contribution in [3.8, 4) is 0 Å². The predicted octanol–water partition coefficient (Wildman–Crippen LogP) is 2.09. The van der Waals surface area contributed by atoms with Crippen LogP contribution in [0.15, 0.2) is 0 Å². The zero-order chi connectivity index (χ0) is 9.23. The van der Waals surface area contributed by atoms with Gasteiger partial charge in [0.05, 0.1) is 14.5 Å². The first-order valence-electron chi connectivity index (χ1n) is 4.67. The maximum atomic E-state index is 10.8. The van der Waals surface area contributed by atoms with Crippen LogP contribution in [0, 0.1) is 0 Å². The zero-order valence-corrected chi connectivity index (χ0v) is 7.84. The number of carbonyl (C=O) groups is 1. The van der Waals surface area contributed by atoms with Gasteiger partial charge >= 0.3 is 5.97 Å². The second-order valence-electron chi connectivity index (χ2n) is 2.76. The summed E-state index contributed by atoms with van der Waals surface area (Å²) in [6.45, 7) is 2.31. The van der Waals surface area contributed by atoms with Gasteiger partial charge in [-0.25, -0.2) is 0 Å². The van der Waals surface area contributed by atoms with Crippen molar-refractivity contribution in [1.82, 2.24) is 0 Å². The van der Waals surface area contributed by atoms with Crippen LogP contribution in [0.1, 0.15) is 39.0 Å². The minimum absolute atomic E-state index is 0.0785. The summed E-state index contributed by atoms with van der Waals surface area (Å²) in [7, 11) is 5.33. The second-order valence-corrected chi connectivity index (χ2v) is 2.76. The van der Waals surface area contributed by atoms with E-state index in [-0.39, 0.29) is 5.97 Å². The van der Waals surface area contributed by atoms with Gasteiger partial charge in [-0.05, 0) is 13.3 Å². The lowest BCUT2D eigenvalue weighted by Crippen LogP contribution is -2.02. The fourth-order valence-electron chi connectivity index (χ4n) is 1.00. The number of hydrogen-bond acceptors (Lipinski definition) is 2. The predicted molar refractivity (Wildman–Crippen MR) is 50.3 cm³/mol. The molecule has 0 saturated carbocycles. The van der Waals surface area contributed by atoms with Gasteiger partial charge in [-0.3, -0.25) is 4.79 Å². The molecular weight excluding hydrogens is 151 g/mol. The van der Waals surface area contributed by atoms with Crippen molar-refractivity contribution in [2.75, 3.05) is 6.61 Å². The molecule has 0 aliphatic rings. The molecule has 0 atom stereocenters. The average Bonchev–Trinajstić information content (AvgIpc) is 2.05. The summed E-state index contributed by atoms with van der Waals surface area (Å²) in [5, 5.41) is 0. The first-order valence-corrected chi connectivity index (χ1v) is 4.67. The monoisotopic (exact) mass is 168 g/mol. The zero-order valence-electron chi connectivity index (χ0n) is 7.84. The van der Waals surface area contributed by atoms with Gasteiger partial charge < -0.3 is 4.74 Å². The summed E-state index contributed by atoms with van der Waals surface area (Å²) in [6.07, 6.45) is 5.49. The van der Waals surface area contributed by atoms with Gasteiger partial charge in [-0.1, -0.05) is 25.6 Å². The van der Waals surface area contributed by atoms with Crippen molar-refractivity contribution in [2.24, 2.45) is 0 Å². The third-order valence-electron chi connectivity index (χ3n) is 1.64. The van der Waals surface area contributed by atoms with E-state index in [0.717, 1.165) is 32.0 Å². The number of hydrogen-bond donors (Lipinski definition) is 0. The molecule has 0 bridgehead atoms. The van der Waals surface area contributed by atoms with E-state index in [1.54, 1.807) is 0 Å². The highest BCUT2D eigenvalue weighted by Crippen LogP contribution is 2.05. The molecule has 68 valence electrons. The first kappa shape index (κ1) is 11.5. The molecule has 0 saturated heterocycles. The Hall–Kier alpha value is -0.465. The molecule has 0 fully saturated rings. The molecule has 0 aromatic carbocycles. The number of carbonyl (C=O) groups excluding carboxylic acids is 1. The van der Waals surface area contributed by atoms with Gasteiger partial charge in [0, 0.05) is 6.42 Å². The van der Waals surface area contributed by atoms with Crippen molar-refractivity contribution in [3.63, 3.8) is 0 Å². The van der Waals surface area contributed by atoms with Gasteiger partial charge in [0.25, 0.3) is 0 Å². The molecule has 0 aromatic heterocycles. The van der Waals surface area contributed by atoms with E-state index < -0.39 is 0 Å². The van der Waals surface area contributed by atoms with Crippen LogP contribution in [0.3, 0.4) is 0 Å². The Morgan fingerprint density at radius 2 is 1.92 bits per heavy atom. The van der Waals surface area contributed by atoms with Crippen molar-refractivity contribution in [2.45, 2.75) is 45.3 Å².